The molecular formula is C26H22F3NO4. The molecule has 34 heavy (non-hydrogen) atoms. The van der Waals surface area contributed by atoms with Crippen LogP contribution in [-0.2, 0) is 17.4 Å². The second-order valence-corrected chi connectivity index (χ2v) is 8.03. The van der Waals surface area contributed by atoms with E-state index in [0.29, 0.717) is 28.8 Å². The molecule has 0 aliphatic carbocycles. The Labute approximate surface area is 193 Å². The summed E-state index contributed by atoms with van der Waals surface area (Å²) in [6.07, 6.45) is -4.30. The van der Waals surface area contributed by atoms with Gasteiger partial charge >= 0.3 is 12.1 Å². The average molecular weight is 469 g/mol. The fraction of sp³-hybridized carbons (Fsp3) is 0.231. The fourth-order valence-corrected chi connectivity index (χ4v) is 3.75. The first-order valence-corrected chi connectivity index (χ1v) is 10.7. The monoisotopic (exact) mass is 469 g/mol. The van der Waals surface area contributed by atoms with Crippen molar-refractivity contribution in [2.75, 3.05) is 0 Å². The van der Waals surface area contributed by atoms with Crippen LogP contribution in [0.1, 0.15) is 41.7 Å². The van der Waals surface area contributed by atoms with Crippen molar-refractivity contribution in [2.24, 2.45) is 0 Å². The van der Waals surface area contributed by atoms with Crippen LogP contribution in [0.4, 0.5) is 13.2 Å². The van der Waals surface area contributed by atoms with Crippen LogP contribution < -0.4 is 4.74 Å². The molecule has 5 nitrogen and oxygen atoms in total. The lowest BCUT2D eigenvalue weighted by Crippen LogP contribution is -2.04. The normalized spacial score (nSPS) is 12.6. The van der Waals surface area contributed by atoms with Crippen LogP contribution in [0.25, 0.3) is 22.6 Å². The number of nitrogens with zero attached hydrogens (tertiary/aromatic N) is 1. The predicted octanol–water partition coefficient (Wildman–Crippen LogP) is 6.98. The standard InChI is InChI=1S/C26H22F3NO4/c1-15-14-20(12-8-17(15)9-13-23(31)32)33-16(2)21-4-3-5-22-24(21)34-25(30-22)18-6-10-19(11-7-18)26(27,28)29/h3-8,10-12,14,16H,9,13H2,1-2H3,(H,31,32). The number of benzene rings is 3. The largest absolute Gasteiger partial charge is 0.486 e. The van der Waals surface area contributed by atoms with Crippen molar-refractivity contribution in [3.8, 4) is 17.2 Å². The van der Waals surface area contributed by atoms with E-state index in [0.717, 1.165) is 28.8 Å². The summed E-state index contributed by atoms with van der Waals surface area (Å²) in [5.41, 5.74) is 3.41. The van der Waals surface area contributed by atoms with E-state index in [2.05, 4.69) is 4.98 Å². The summed E-state index contributed by atoms with van der Waals surface area (Å²) in [5, 5.41) is 8.89. The number of aromatic nitrogens is 1. The minimum Gasteiger partial charge on any atom is -0.486 e. The number of carbonyl (C=O) groups is 1. The number of para-hydroxylation sites is 1. The van der Waals surface area contributed by atoms with Gasteiger partial charge in [-0.3, -0.25) is 4.79 Å². The van der Waals surface area contributed by atoms with Crippen LogP contribution >= 0.6 is 0 Å². The first-order valence-electron chi connectivity index (χ1n) is 10.7. The van der Waals surface area contributed by atoms with Gasteiger partial charge in [-0.05, 0) is 73.9 Å². The van der Waals surface area contributed by atoms with Gasteiger partial charge in [-0.25, -0.2) is 4.98 Å². The van der Waals surface area contributed by atoms with Crippen LogP contribution in [0, 0.1) is 6.92 Å². The Balaban J connectivity index is 1.57. The smallest absolute Gasteiger partial charge is 0.416 e. The number of aryl methyl sites for hydroxylation is 2. The molecule has 4 aromatic rings. The molecule has 0 saturated heterocycles. The Kier molecular flexibility index (Phi) is 6.32. The topological polar surface area (TPSA) is 72.6 Å². The van der Waals surface area contributed by atoms with Crippen LogP contribution in [0.3, 0.4) is 0 Å². The summed E-state index contributed by atoms with van der Waals surface area (Å²) in [7, 11) is 0. The number of hydrogen-bond donors (Lipinski definition) is 1. The van der Waals surface area contributed by atoms with E-state index in [-0.39, 0.29) is 12.3 Å². The number of hydrogen-bond acceptors (Lipinski definition) is 4. The number of fused-ring (bicyclic) bond motifs is 1. The van der Waals surface area contributed by atoms with Crippen molar-refractivity contribution in [1.29, 1.82) is 0 Å². The second-order valence-electron chi connectivity index (χ2n) is 8.03. The van der Waals surface area contributed by atoms with Gasteiger partial charge in [0.1, 0.15) is 17.4 Å². The van der Waals surface area contributed by atoms with E-state index >= 15 is 0 Å². The van der Waals surface area contributed by atoms with E-state index < -0.39 is 23.8 Å². The molecule has 8 heteroatoms. The van der Waals surface area contributed by atoms with Gasteiger partial charge in [-0.1, -0.05) is 18.2 Å². The van der Waals surface area contributed by atoms with Gasteiger partial charge in [-0.2, -0.15) is 13.2 Å². The Morgan fingerprint density at radius 2 is 1.85 bits per heavy atom. The number of carboxylic acid groups (broad SMARTS) is 1. The van der Waals surface area contributed by atoms with Crippen molar-refractivity contribution >= 4 is 17.1 Å². The Morgan fingerprint density at radius 3 is 2.50 bits per heavy atom. The molecule has 0 radical (unpaired) electrons. The zero-order valence-corrected chi connectivity index (χ0v) is 18.5. The third-order valence-electron chi connectivity index (χ3n) is 5.58. The summed E-state index contributed by atoms with van der Waals surface area (Å²) in [5.74, 6) is 0.00900. The maximum absolute atomic E-state index is 12.9. The molecule has 1 unspecified atom stereocenters. The maximum atomic E-state index is 12.9. The molecule has 0 saturated carbocycles. The molecule has 1 N–H and O–H groups in total. The summed E-state index contributed by atoms with van der Waals surface area (Å²) in [4.78, 5) is 15.3. The van der Waals surface area contributed by atoms with E-state index in [4.69, 9.17) is 14.3 Å². The number of oxazole rings is 1. The lowest BCUT2D eigenvalue weighted by atomic mass is 10.0. The van der Waals surface area contributed by atoms with Crippen LogP contribution in [0.15, 0.2) is 65.1 Å². The Bertz CT molecular complexity index is 1330. The highest BCUT2D eigenvalue weighted by molar-refractivity contribution is 5.79. The van der Waals surface area contributed by atoms with Gasteiger partial charge in [-0.15, -0.1) is 0 Å². The highest BCUT2D eigenvalue weighted by Gasteiger charge is 2.30. The molecule has 0 fully saturated rings. The molecule has 0 spiro atoms. The Morgan fingerprint density at radius 1 is 1.12 bits per heavy atom. The third-order valence-corrected chi connectivity index (χ3v) is 5.58. The van der Waals surface area contributed by atoms with Gasteiger partial charge in [0.2, 0.25) is 5.89 Å². The van der Waals surface area contributed by atoms with Gasteiger partial charge < -0.3 is 14.3 Å². The summed E-state index contributed by atoms with van der Waals surface area (Å²) in [6, 6.07) is 15.6. The average Bonchev–Trinajstić information content (AvgIpc) is 3.22. The minimum atomic E-state index is -4.41. The van der Waals surface area contributed by atoms with E-state index in [1.54, 1.807) is 12.1 Å². The first-order chi connectivity index (χ1) is 16.1. The lowest BCUT2D eigenvalue weighted by molar-refractivity contribution is -0.138. The highest BCUT2D eigenvalue weighted by Crippen LogP contribution is 2.34. The van der Waals surface area contributed by atoms with Crippen LogP contribution in [-0.4, -0.2) is 16.1 Å². The predicted molar refractivity (Wildman–Crippen MR) is 121 cm³/mol. The molecule has 0 amide bonds. The van der Waals surface area contributed by atoms with Crippen molar-refractivity contribution in [3.05, 3.63) is 82.9 Å². The minimum absolute atomic E-state index is 0.0617. The summed E-state index contributed by atoms with van der Waals surface area (Å²) in [6.45, 7) is 3.77. The zero-order chi connectivity index (χ0) is 24.5. The molecule has 1 heterocycles. The molecule has 0 aliphatic rings. The number of carboxylic acids is 1. The van der Waals surface area contributed by atoms with Crippen LogP contribution in [0.5, 0.6) is 5.75 Å². The molecule has 1 atom stereocenters. The van der Waals surface area contributed by atoms with E-state index in [1.807, 2.05) is 38.1 Å². The lowest BCUT2D eigenvalue weighted by Gasteiger charge is -2.16. The number of rotatable bonds is 7. The first kappa shape index (κ1) is 23.4. The molecule has 176 valence electrons. The third kappa shape index (κ3) is 5.06. The fourth-order valence-electron chi connectivity index (χ4n) is 3.75. The van der Waals surface area contributed by atoms with Crippen molar-refractivity contribution < 1.29 is 32.2 Å². The molecule has 0 bridgehead atoms. The second kappa shape index (κ2) is 9.21. The summed E-state index contributed by atoms with van der Waals surface area (Å²) >= 11 is 0. The van der Waals surface area contributed by atoms with Crippen molar-refractivity contribution in [2.45, 2.75) is 39.0 Å². The molecule has 1 aromatic heterocycles. The maximum Gasteiger partial charge on any atom is 0.416 e. The number of halogens is 3. The number of ether oxygens (including phenoxy) is 1. The SMILES string of the molecule is Cc1cc(OC(C)c2cccc3nc(-c4ccc(C(F)(F)F)cc4)oc23)ccc1CCC(=O)O. The molecular weight excluding hydrogens is 447 g/mol. The van der Waals surface area contributed by atoms with Crippen molar-refractivity contribution in [1.82, 2.24) is 4.98 Å². The molecule has 4 rings (SSSR count). The molecule has 3 aromatic carbocycles. The highest BCUT2D eigenvalue weighted by atomic mass is 19.4. The quantitative estimate of drug-likeness (QED) is 0.316. The van der Waals surface area contributed by atoms with Crippen molar-refractivity contribution in [3.63, 3.8) is 0 Å². The van der Waals surface area contributed by atoms with Gasteiger partial charge in [0.25, 0.3) is 0 Å². The van der Waals surface area contributed by atoms with Gasteiger partial charge in [0, 0.05) is 17.5 Å². The Hall–Kier alpha value is -3.81. The van der Waals surface area contributed by atoms with Crippen LogP contribution in [0.2, 0.25) is 0 Å². The molecule has 0 aliphatic heterocycles. The summed E-state index contributed by atoms with van der Waals surface area (Å²) < 4.78 is 50.6. The number of aliphatic carboxylic acids is 1. The van der Waals surface area contributed by atoms with Gasteiger partial charge in [0.05, 0.1) is 5.56 Å². The zero-order valence-electron chi connectivity index (χ0n) is 18.5. The van der Waals surface area contributed by atoms with Gasteiger partial charge in [0.15, 0.2) is 5.58 Å². The number of alkyl halides is 3. The van der Waals surface area contributed by atoms with E-state index in [1.165, 1.54) is 12.1 Å². The van der Waals surface area contributed by atoms with E-state index in [9.17, 15) is 18.0 Å².